The van der Waals surface area contributed by atoms with Crippen molar-refractivity contribution in [1.82, 2.24) is 20.0 Å². The zero-order chi connectivity index (χ0) is 22.2. The highest BCUT2D eigenvalue weighted by Crippen LogP contribution is 2.24. The maximum Gasteiger partial charge on any atom is 0.270 e. The Morgan fingerprint density at radius 2 is 1.77 bits per heavy atom. The highest BCUT2D eigenvalue weighted by molar-refractivity contribution is 5.94. The van der Waals surface area contributed by atoms with Gasteiger partial charge in [0.05, 0.1) is 11.4 Å². The SMILES string of the molecule is CCN(CC)CCCC(C)NC(=O)c1cc(-c2ccccc2F)nn1-c1ccccc1. The second-order valence-corrected chi connectivity index (χ2v) is 7.69. The van der Waals surface area contributed by atoms with E-state index in [1.165, 1.54) is 6.07 Å². The quantitative estimate of drug-likeness (QED) is 0.505. The Bertz CT molecular complexity index is 982. The van der Waals surface area contributed by atoms with Crippen molar-refractivity contribution in [3.8, 4) is 16.9 Å². The minimum atomic E-state index is -0.364. The van der Waals surface area contributed by atoms with Crippen LogP contribution in [0.3, 0.4) is 0 Å². The number of hydrogen-bond donors (Lipinski definition) is 1. The molecule has 1 aromatic heterocycles. The van der Waals surface area contributed by atoms with Crippen LogP contribution < -0.4 is 5.32 Å². The zero-order valence-corrected chi connectivity index (χ0v) is 18.5. The van der Waals surface area contributed by atoms with E-state index in [0.717, 1.165) is 38.2 Å². The van der Waals surface area contributed by atoms with E-state index in [9.17, 15) is 9.18 Å². The van der Waals surface area contributed by atoms with Gasteiger partial charge in [0.2, 0.25) is 0 Å². The van der Waals surface area contributed by atoms with Gasteiger partial charge in [-0.05, 0) is 69.7 Å². The summed E-state index contributed by atoms with van der Waals surface area (Å²) in [6, 6.07) is 17.6. The van der Waals surface area contributed by atoms with Crippen LogP contribution >= 0.6 is 0 Å². The summed E-state index contributed by atoms with van der Waals surface area (Å²) < 4.78 is 15.9. The number of rotatable bonds is 10. The number of benzene rings is 2. The molecule has 0 radical (unpaired) electrons. The Labute approximate surface area is 183 Å². The average Bonchev–Trinajstić information content (AvgIpc) is 3.23. The lowest BCUT2D eigenvalue weighted by Crippen LogP contribution is -2.34. The van der Waals surface area contributed by atoms with E-state index in [1.807, 2.05) is 37.3 Å². The maximum absolute atomic E-state index is 14.3. The lowest BCUT2D eigenvalue weighted by atomic mass is 10.1. The van der Waals surface area contributed by atoms with Crippen LogP contribution in [0.2, 0.25) is 0 Å². The van der Waals surface area contributed by atoms with E-state index < -0.39 is 0 Å². The molecule has 1 N–H and O–H groups in total. The molecule has 0 saturated carbocycles. The van der Waals surface area contributed by atoms with E-state index >= 15 is 0 Å². The van der Waals surface area contributed by atoms with Crippen LogP contribution in [-0.4, -0.2) is 46.3 Å². The first kappa shape index (κ1) is 22.7. The molecule has 0 aliphatic rings. The van der Waals surface area contributed by atoms with Crippen molar-refractivity contribution >= 4 is 5.91 Å². The molecule has 3 aromatic rings. The fourth-order valence-electron chi connectivity index (χ4n) is 3.64. The standard InChI is InChI=1S/C25H31FN4O/c1-4-29(5-2)17-11-12-19(3)27-25(31)24-18-23(21-15-9-10-16-22(21)26)28-30(24)20-13-7-6-8-14-20/h6-10,13-16,18-19H,4-5,11-12,17H2,1-3H3,(H,27,31). The van der Waals surface area contributed by atoms with Crippen molar-refractivity contribution in [3.63, 3.8) is 0 Å². The lowest BCUT2D eigenvalue weighted by Gasteiger charge is -2.20. The molecule has 1 heterocycles. The molecule has 1 amide bonds. The van der Waals surface area contributed by atoms with Gasteiger partial charge in [0.1, 0.15) is 11.5 Å². The van der Waals surface area contributed by atoms with Crippen LogP contribution in [0.1, 0.15) is 44.1 Å². The van der Waals surface area contributed by atoms with E-state index in [-0.39, 0.29) is 17.8 Å². The van der Waals surface area contributed by atoms with Crippen LogP contribution in [0, 0.1) is 5.82 Å². The topological polar surface area (TPSA) is 50.2 Å². The second kappa shape index (κ2) is 10.9. The number of carbonyl (C=O) groups is 1. The number of hydrogen-bond acceptors (Lipinski definition) is 3. The Morgan fingerprint density at radius 1 is 1.10 bits per heavy atom. The van der Waals surface area contributed by atoms with Gasteiger partial charge < -0.3 is 10.2 Å². The third kappa shape index (κ3) is 5.79. The van der Waals surface area contributed by atoms with Gasteiger partial charge in [-0.25, -0.2) is 9.07 Å². The van der Waals surface area contributed by atoms with Crippen molar-refractivity contribution in [2.45, 2.75) is 39.7 Å². The number of nitrogens with one attached hydrogen (secondary N) is 1. The molecule has 6 heteroatoms. The van der Waals surface area contributed by atoms with E-state index in [1.54, 1.807) is 28.9 Å². The third-order valence-corrected chi connectivity index (χ3v) is 5.48. The van der Waals surface area contributed by atoms with Crippen molar-refractivity contribution in [2.24, 2.45) is 0 Å². The van der Waals surface area contributed by atoms with Gasteiger partial charge in [-0.2, -0.15) is 5.10 Å². The van der Waals surface area contributed by atoms with Crippen LogP contribution in [0.5, 0.6) is 0 Å². The van der Waals surface area contributed by atoms with E-state index in [0.29, 0.717) is 17.0 Å². The summed E-state index contributed by atoms with van der Waals surface area (Å²) in [5.74, 6) is -0.578. The van der Waals surface area contributed by atoms with E-state index in [2.05, 4.69) is 29.2 Å². The summed E-state index contributed by atoms with van der Waals surface area (Å²) in [6.45, 7) is 9.42. The Balaban J connectivity index is 1.80. The molecule has 5 nitrogen and oxygen atoms in total. The number of aromatic nitrogens is 2. The first-order valence-corrected chi connectivity index (χ1v) is 11.0. The lowest BCUT2D eigenvalue weighted by molar-refractivity contribution is 0.0929. The molecule has 3 rings (SSSR count). The first-order chi connectivity index (χ1) is 15.0. The van der Waals surface area contributed by atoms with Crippen molar-refractivity contribution in [3.05, 3.63) is 72.2 Å². The normalized spacial score (nSPS) is 12.2. The van der Waals surface area contributed by atoms with Gasteiger partial charge in [-0.3, -0.25) is 4.79 Å². The minimum Gasteiger partial charge on any atom is -0.348 e. The summed E-state index contributed by atoms with van der Waals surface area (Å²) >= 11 is 0. The Morgan fingerprint density at radius 3 is 2.45 bits per heavy atom. The van der Waals surface area contributed by atoms with Gasteiger partial charge >= 0.3 is 0 Å². The molecular weight excluding hydrogens is 391 g/mol. The van der Waals surface area contributed by atoms with Gasteiger partial charge in [0, 0.05) is 11.6 Å². The summed E-state index contributed by atoms with van der Waals surface area (Å²) in [5.41, 5.74) is 1.95. The van der Waals surface area contributed by atoms with Crippen molar-refractivity contribution in [1.29, 1.82) is 0 Å². The molecule has 0 aliphatic carbocycles. The number of para-hydroxylation sites is 1. The van der Waals surface area contributed by atoms with Crippen molar-refractivity contribution in [2.75, 3.05) is 19.6 Å². The van der Waals surface area contributed by atoms with Crippen molar-refractivity contribution < 1.29 is 9.18 Å². The number of carbonyl (C=O) groups excluding carboxylic acids is 1. The maximum atomic E-state index is 14.3. The summed E-state index contributed by atoms with van der Waals surface area (Å²) in [5, 5.41) is 7.64. The molecule has 2 aromatic carbocycles. The van der Waals surface area contributed by atoms with Crippen LogP contribution in [0.15, 0.2) is 60.7 Å². The van der Waals surface area contributed by atoms with Gasteiger partial charge in [-0.1, -0.05) is 44.2 Å². The molecule has 1 unspecified atom stereocenters. The molecular formula is C25H31FN4O. The summed E-state index contributed by atoms with van der Waals surface area (Å²) in [7, 11) is 0. The number of amides is 1. The fourth-order valence-corrected chi connectivity index (χ4v) is 3.64. The molecule has 164 valence electrons. The zero-order valence-electron chi connectivity index (χ0n) is 18.5. The molecule has 1 atom stereocenters. The number of halogens is 1. The number of nitrogens with zero attached hydrogens (tertiary/aromatic N) is 3. The molecule has 0 saturated heterocycles. The highest BCUT2D eigenvalue weighted by Gasteiger charge is 2.20. The third-order valence-electron chi connectivity index (χ3n) is 5.48. The molecule has 0 spiro atoms. The van der Waals surface area contributed by atoms with Gasteiger partial charge in [0.25, 0.3) is 5.91 Å². The van der Waals surface area contributed by atoms with Crippen LogP contribution in [-0.2, 0) is 0 Å². The van der Waals surface area contributed by atoms with E-state index in [4.69, 9.17) is 0 Å². The van der Waals surface area contributed by atoms with Gasteiger partial charge in [0.15, 0.2) is 0 Å². The Hall–Kier alpha value is -2.99. The first-order valence-electron chi connectivity index (χ1n) is 11.0. The average molecular weight is 423 g/mol. The predicted molar refractivity (Wildman–Crippen MR) is 123 cm³/mol. The van der Waals surface area contributed by atoms with Crippen LogP contribution in [0.4, 0.5) is 4.39 Å². The summed E-state index contributed by atoms with van der Waals surface area (Å²) in [6.07, 6.45) is 1.91. The monoisotopic (exact) mass is 422 g/mol. The predicted octanol–water partition coefficient (Wildman–Crippen LogP) is 4.92. The largest absolute Gasteiger partial charge is 0.348 e. The van der Waals surface area contributed by atoms with Gasteiger partial charge in [-0.15, -0.1) is 0 Å². The highest BCUT2D eigenvalue weighted by atomic mass is 19.1. The minimum absolute atomic E-state index is 0.0269. The second-order valence-electron chi connectivity index (χ2n) is 7.69. The van der Waals surface area contributed by atoms with Crippen LogP contribution in [0.25, 0.3) is 16.9 Å². The molecule has 0 bridgehead atoms. The fraction of sp³-hybridized carbons (Fsp3) is 0.360. The molecule has 0 fully saturated rings. The Kier molecular flexibility index (Phi) is 7.95. The summed E-state index contributed by atoms with van der Waals surface area (Å²) in [4.78, 5) is 15.5. The molecule has 0 aliphatic heterocycles. The molecule has 31 heavy (non-hydrogen) atoms. The smallest absolute Gasteiger partial charge is 0.270 e.